The molecule has 0 aliphatic heterocycles. The van der Waals surface area contributed by atoms with Gasteiger partial charge in [-0.05, 0) is 18.2 Å². The van der Waals surface area contributed by atoms with Crippen LogP contribution in [0.4, 0.5) is 0 Å². The highest BCUT2D eigenvalue weighted by Crippen LogP contribution is 2.29. The summed E-state index contributed by atoms with van der Waals surface area (Å²) in [5, 5.41) is 2.34. The molecule has 2 N–H and O–H groups in total. The lowest BCUT2D eigenvalue weighted by Gasteiger charge is -2.02. The van der Waals surface area contributed by atoms with Gasteiger partial charge < -0.3 is 10.3 Å². The fraction of sp³-hybridized carbons (Fsp3) is 0.200. The smallest absolute Gasteiger partial charge is 0.0670 e. The summed E-state index contributed by atoms with van der Waals surface area (Å²) in [6, 6.07) is 5.64. The molecule has 0 fully saturated rings. The SMILES string of the molecule is Cn1c(CN)cc2cc(Cl)cc(Cl)c21. The second-order valence-corrected chi connectivity index (χ2v) is 4.07. The molecule has 2 nitrogen and oxygen atoms in total. The van der Waals surface area contributed by atoms with Gasteiger partial charge in [0.15, 0.2) is 0 Å². The zero-order valence-corrected chi connectivity index (χ0v) is 9.23. The lowest BCUT2D eigenvalue weighted by Crippen LogP contribution is -2.02. The first-order chi connectivity index (χ1) is 6.63. The maximum absolute atomic E-state index is 6.09. The average molecular weight is 229 g/mol. The lowest BCUT2D eigenvalue weighted by molar-refractivity contribution is 0.849. The largest absolute Gasteiger partial charge is 0.345 e. The van der Waals surface area contributed by atoms with Crippen LogP contribution < -0.4 is 5.73 Å². The van der Waals surface area contributed by atoms with E-state index in [1.54, 1.807) is 6.07 Å². The van der Waals surface area contributed by atoms with Gasteiger partial charge in [-0.1, -0.05) is 23.2 Å². The summed E-state index contributed by atoms with van der Waals surface area (Å²) < 4.78 is 1.99. The van der Waals surface area contributed by atoms with Crippen molar-refractivity contribution in [1.29, 1.82) is 0 Å². The van der Waals surface area contributed by atoms with Crippen molar-refractivity contribution in [1.82, 2.24) is 4.57 Å². The molecule has 0 unspecified atom stereocenters. The van der Waals surface area contributed by atoms with Crippen LogP contribution in [0, 0.1) is 0 Å². The molecule has 0 spiro atoms. The van der Waals surface area contributed by atoms with Crippen molar-refractivity contribution >= 4 is 34.1 Å². The summed E-state index contributed by atoms with van der Waals surface area (Å²) in [6.07, 6.45) is 0. The molecule has 0 aliphatic carbocycles. The van der Waals surface area contributed by atoms with E-state index >= 15 is 0 Å². The monoisotopic (exact) mass is 228 g/mol. The van der Waals surface area contributed by atoms with E-state index < -0.39 is 0 Å². The van der Waals surface area contributed by atoms with Crippen LogP contribution in [0.2, 0.25) is 10.0 Å². The van der Waals surface area contributed by atoms with Gasteiger partial charge >= 0.3 is 0 Å². The number of aromatic nitrogens is 1. The van der Waals surface area contributed by atoms with E-state index in [1.165, 1.54) is 0 Å². The highest BCUT2D eigenvalue weighted by Gasteiger charge is 2.08. The summed E-state index contributed by atoms with van der Waals surface area (Å²) in [6.45, 7) is 0.499. The van der Waals surface area contributed by atoms with Gasteiger partial charge in [-0.25, -0.2) is 0 Å². The van der Waals surface area contributed by atoms with E-state index in [2.05, 4.69) is 0 Å². The van der Waals surface area contributed by atoms with Crippen molar-refractivity contribution in [2.45, 2.75) is 6.54 Å². The minimum atomic E-state index is 0.499. The number of benzene rings is 1. The second-order valence-electron chi connectivity index (χ2n) is 3.22. The molecule has 2 rings (SSSR count). The first-order valence-electron chi connectivity index (χ1n) is 4.27. The normalized spacial score (nSPS) is 11.1. The second kappa shape index (κ2) is 3.46. The molecular formula is C10H10Cl2N2. The Hall–Kier alpha value is -0.700. The average Bonchev–Trinajstić information content (AvgIpc) is 2.42. The number of fused-ring (bicyclic) bond motifs is 1. The van der Waals surface area contributed by atoms with Crippen LogP contribution in [-0.4, -0.2) is 4.57 Å². The molecule has 0 aliphatic rings. The zero-order chi connectivity index (χ0) is 10.3. The maximum atomic E-state index is 6.09. The summed E-state index contributed by atoms with van der Waals surface area (Å²) in [5.41, 5.74) is 7.63. The Kier molecular flexibility index (Phi) is 2.43. The molecule has 0 atom stereocenters. The highest BCUT2D eigenvalue weighted by atomic mass is 35.5. The van der Waals surface area contributed by atoms with Crippen LogP contribution in [-0.2, 0) is 13.6 Å². The number of hydrogen-bond acceptors (Lipinski definition) is 1. The maximum Gasteiger partial charge on any atom is 0.0670 e. The molecular weight excluding hydrogens is 219 g/mol. The topological polar surface area (TPSA) is 30.9 Å². The third-order valence-electron chi connectivity index (χ3n) is 2.36. The number of hydrogen-bond donors (Lipinski definition) is 1. The van der Waals surface area contributed by atoms with E-state index in [0.29, 0.717) is 16.6 Å². The van der Waals surface area contributed by atoms with Crippen molar-refractivity contribution in [2.24, 2.45) is 12.8 Å². The first-order valence-corrected chi connectivity index (χ1v) is 5.02. The summed E-state index contributed by atoms with van der Waals surface area (Å²) in [7, 11) is 1.95. The Morgan fingerprint density at radius 2 is 2.00 bits per heavy atom. The molecule has 0 amide bonds. The quantitative estimate of drug-likeness (QED) is 0.800. The summed E-state index contributed by atoms with van der Waals surface area (Å²) >= 11 is 12.0. The molecule has 4 heteroatoms. The minimum Gasteiger partial charge on any atom is -0.345 e. The Morgan fingerprint density at radius 1 is 1.29 bits per heavy atom. The van der Waals surface area contributed by atoms with Gasteiger partial charge in [0.2, 0.25) is 0 Å². The Labute approximate surface area is 92.2 Å². The molecule has 1 heterocycles. The Balaban J connectivity index is 2.85. The van der Waals surface area contributed by atoms with Gasteiger partial charge in [0.1, 0.15) is 0 Å². The van der Waals surface area contributed by atoms with Crippen LogP contribution in [0.25, 0.3) is 10.9 Å². The number of nitrogens with two attached hydrogens (primary N) is 1. The van der Waals surface area contributed by atoms with Gasteiger partial charge in [0.05, 0.1) is 10.5 Å². The molecule has 0 bridgehead atoms. The first kappa shape index (κ1) is 9.84. The van der Waals surface area contributed by atoms with Crippen molar-refractivity contribution in [3.63, 3.8) is 0 Å². The van der Waals surface area contributed by atoms with E-state index in [1.807, 2.05) is 23.7 Å². The van der Waals surface area contributed by atoms with Crippen LogP contribution in [0.5, 0.6) is 0 Å². The molecule has 74 valence electrons. The molecule has 14 heavy (non-hydrogen) atoms. The molecule has 2 aromatic rings. The molecule has 1 aromatic heterocycles. The van der Waals surface area contributed by atoms with Crippen molar-refractivity contribution in [3.05, 3.63) is 33.9 Å². The Morgan fingerprint density at radius 3 is 2.64 bits per heavy atom. The van der Waals surface area contributed by atoms with E-state index in [0.717, 1.165) is 16.6 Å². The predicted octanol–water partition coefficient (Wildman–Crippen LogP) is 2.94. The van der Waals surface area contributed by atoms with E-state index in [4.69, 9.17) is 28.9 Å². The summed E-state index contributed by atoms with van der Waals surface area (Å²) in [5.74, 6) is 0. The van der Waals surface area contributed by atoms with Gasteiger partial charge in [-0.15, -0.1) is 0 Å². The number of halogens is 2. The predicted molar refractivity (Wildman–Crippen MR) is 60.8 cm³/mol. The van der Waals surface area contributed by atoms with Crippen LogP contribution >= 0.6 is 23.2 Å². The van der Waals surface area contributed by atoms with Gasteiger partial charge in [-0.3, -0.25) is 0 Å². The van der Waals surface area contributed by atoms with Crippen molar-refractivity contribution < 1.29 is 0 Å². The van der Waals surface area contributed by atoms with Gasteiger partial charge in [0, 0.05) is 29.7 Å². The van der Waals surface area contributed by atoms with Gasteiger partial charge in [0.25, 0.3) is 0 Å². The van der Waals surface area contributed by atoms with Crippen LogP contribution in [0.1, 0.15) is 5.69 Å². The molecule has 0 saturated heterocycles. The van der Waals surface area contributed by atoms with Crippen LogP contribution in [0.15, 0.2) is 18.2 Å². The Bertz CT molecular complexity index is 488. The number of rotatable bonds is 1. The lowest BCUT2D eigenvalue weighted by atomic mass is 10.2. The molecule has 0 saturated carbocycles. The van der Waals surface area contributed by atoms with E-state index in [-0.39, 0.29) is 0 Å². The third-order valence-corrected chi connectivity index (χ3v) is 2.86. The fourth-order valence-corrected chi connectivity index (χ4v) is 2.30. The van der Waals surface area contributed by atoms with Crippen LogP contribution in [0.3, 0.4) is 0 Å². The summed E-state index contributed by atoms with van der Waals surface area (Å²) in [4.78, 5) is 0. The number of aryl methyl sites for hydroxylation is 1. The fourth-order valence-electron chi connectivity index (χ4n) is 1.67. The minimum absolute atomic E-state index is 0.499. The molecule has 1 aromatic carbocycles. The molecule has 0 radical (unpaired) electrons. The zero-order valence-electron chi connectivity index (χ0n) is 7.72. The van der Waals surface area contributed by atoms with Crippen molar-refractivity contribution in [3.8, 4) is 0 Å². The van der Waals surface area contributed by atoms with Gasteiger partial charge in [-0.2, -0.15) is 0 Å². The standard InChI is InChI=1S/C10H10Cl2N2/c1-14-8(5-13)3-6-2-7(11)4-9(12)10(6)14/h2-4H,5,13H2,1H3. The highest BCUT2D eigenvalue weighted by molar-refractivity contribution is 6.38. The van der Waals surface area contributed by atoms with Crippen molar-refractivity contribution in [2.75, 3.05) is 0 Å². The third kappa shape index (κ3) is 1.40. The number of nitrogens with zero attached hydrogens (tertiary/aromatic N) is 1. The van der Waals surface area contributed by atoms with E-state index in [9.17, 15) is 0 Å².